The summed E-state index contributed by atoms with van der Waals surface area (Å²) < 4.78 is 23.9. The molecule has 0 bridgehead atoms. The van der Waals surface area contributed by atoms with Gasteiger partial charge in [0.1, 0.15) is 23.7 Å². The molecule has 0 amide bonds. The molecule has 0 saturated heterocycles. The summed E-state index contributed by atoms with van der Waals surface area (Å²) in [6.07, 6.45) is 2.25. The van der Waals surface area contributed by atoms with Crippen molar-refractivity contribution in [3.63, 3.8) is 0 Å². The zero-order valence-corrected chi connectivity index (χ0v) is 21.0. The molecule has 0 saturated carbocycles. The minimum Gasteiger partial charge on any atom is -0.478 e. The number of ether oxygens (including phenoxy) is 1. The Morgan fingerprint density at radius 3 is 2.72 bits per heavy atom. The summed E-state index contributed by atoms with van der Waals surface area (Å²) in [6, 6.07) is 9.23. The van der Waals surface area contributed by atoms with Crippen LogP contribution in [-0.4, -0.2) is 29.5 Å². The lowest BCUT2D eigenvalue weighted by atomic mass is 9.95. The first-order valence-corrected chi connectivity index (χ1v) is 11.3. The van der Waals surface area contributed by atoms with Gasteiger partial charge in [0.2, 0.25) is 5.75 Å². The second kappa shape index (κ2) is 9.71. The predicted molar refractivity (Wildman–Crippen MR) is 132 cm³/mol. The average molecular weight is 552 g/mol. The Bertz CT molecular complexity index is 1550. The lowest BCUT2D eigenvalue weighted by Gasteiger charge is -2.18. The molecule has 4 rings (SSSR count). The summed E-state index contributed by atoms with van der Waals surface area (Å²) >= 11 is 3.24. The Balaban J connectivity index is 1.80. The van der Waals surface area contributed by atoms with Gasteiger partial charge in [0.05, 0.1) is 10.2 Å². The molecule has 0 spiro atoms. The van der Waals surface area contributed by atoms with Gasteiger partial charge in [-0.2, -0.15) is 15.5 Å². The first kappa shape index (κ1) is 24.7. The molecule has 10 nitrogen and oxygen atoms in total. The maximum Gasteiger partial charge on any atom is 0.406 e. The van der Waals surface area contributed by atoms with Gasteiger partial charge in [-0.3, -0.25) is 9.36 Å². The average Bonchev–Trinajstić information content (AvgIpc) is 3.40. The summed E-state index contributed by atoms with van der Waals surface area (Å²) in [4.78, 5) is 14.6. The van der Waals surface area contributed by atoms with Gasteiger partial charge in [-0.15, -0.1) is 0 Å². The van der Waals surface area contributed by atoms with E-state index < -0.39 is 22.7 Å². The highest BCUT2D eigenvalue weighted by molar-refractivity contribution is 9.10. The molecule has 0 aliphatic rings. The summed E-state index contributed by atoms with van der Waals surface area (Å²) in [5, 5.41) is 29.4. The lowest BCUT2D eigenvalue weighted by molar-refractivity contribution is -0.390. The number of hydrogen-bond donors (Lipinski definition) is 0. The molecular weight excluding hydrogens is 533 g/mol. The molecule has 3 aromatic heterocycles. The molecule has 1 atom stereocenters. The SMILES string of the molecule is C=C(c1cn(C)nc1-c1ccc(F)cc1[C@@H](C)Oc1cc(Br)cnc1[N+](=O)[O-])c1cc(C#N)nn1C. The fourth-order valence-corrected chi connectivity index (χ4v) is 4.14. The third-order valence-corrected chi connectivity index (χ3v) is 5.87. The van der Waals surface area contributed by atoms with Crippen molar-refractivity contribution in [3.8, 4) is 23.1 Å². The predicted octanol–water partition coefficient (Wildman–Crippen LogP) is 5.10. The van der Waals surface area contributed by atoms with Crippen molar-refractivity contribution < 1.29 is 14.1 Å². The number of pyridine rings is 1. The van der Waals surface area contributed by atoms with Crippen LogP contribution in [0.4, 0.5) is 10.2 Å². The van der Waals surface area contributed by atoms with E-state index in [-0.39, 0.29) is 11.4 Å². The molecule has 0 radical (unpaired) electrons. The minimum atomic E-state index is -0.810. The van der Waals surface area contributed by atoms with Gasteiger partial charge < -0.3 is 14.9 Å². The van der Waals surface area contributed by atoms with Crippen LogP contribution >= 0.6 is 15.9 Å². The van der Waals surface area contributed by atoms with Crippen molar-refractivity contribution in [3.05, 3.63) is 92.2 Å². The Hall–Kier alpha value is -4.37. The van der Waals surface area contributed by atoms with Crippen molar-refractivity contribution in [1.29, 1.82) is 5.26 Å². The number of aryl methyl sites for hydroxylation is 2. The Labute approximate surface area is 213 Å². The molecule has 1 aromatic carbocycles. The molecule has 182 valence electrons. The molecule has 0 N–H and O–H groups in total. The molecule has 0 aliphatic heterocycles. The van der Waals surface area contributed by atoms with Gasteiger partial charge in [-0.05, 0) is 51.0 Å². The first-order valence-electron chi connectivity index (χ1n) is 10.5. The van der Waals surface area contributed by atoms with Crippen molar-refractivity contribution in [1.82, 2.24) is 24.5 Å². The fraction of sp³-hybridized carbons (Fsp3) is 0.167. The number of benzene rings is 1. The van der Waals surface area contributed by atoms with Crippen molar-refractivity contribution in [2.75, 3.05) is 0 Å². The molecular formula is C24H19BrFN7O3. The maximum atomic E-state index is 14.4. The number of hydrogen-bond acceptors (Lipinski definition) is 7. The van der Waals surface area contributed by atoms with E-state index in [4.69, 9.17) is 4.74 Å². The normalized spacial score (nSPS) is 11.7. The van der Waals surface area contributed by atoms with E-state index in [1.165, 1.54) is 24.4 Å². The lowest BCUT2D eigenvalue weighted by Crippen LogP contribution is -2.08. The van der Waals surface area contributed by atoms with Crippen LogP contribution in [0.1, 0.15) is 35.5 Å². The number of aromatic nitrogens is 5. The van der Waals surface area contributed by atoms with E-state index in [2.05, 4.69) is 37.7 Å². The molecule has 3 heterocycles. The van der Waals surface area contributed by atoms with Crippen LogP contribution in [0.15, 0.2) is 53.8 Å². The summed E-state index contributed by atoms with van der Waals surface area (Å²) in [5.41, 5.74) is 3.52. The van der Waals surface area contributed by atoms with Crippen LogP contribution in [0.3, 0.4) is 0 Å². The smallest absolute Gasteiger partial charge is 0.406 e. The van der Waals surface area contributed by atoms with Gasteiger partial charge in [0.25, 0.3) is 0 Å². The van der Waals surface area contributed by atoms with Gasteiger partial charge in [-0.1, -0.05) is 6.58 Å². The Kier molecular flexibility index (Phi) is 6.67. The first-order chi connectivity index (χ1) is 17.1. The number of nitriles is 1. The standard InChI is InChI=1S/C24H19BrFN7O3/c1-13(21-9-17(10-27)29-32(21)4)20-12-31(3)30-23(20)18-6-5-16(26)8-19(18)14(2)36-22-7-15(25)11-28-24(22)33(34)35/h5-9,11-12,14H,1H2,2-4H3/t14-/m1/s1. The minimum absolute atomic E-state index is 0.0679. The van der Waals surface area contributed by atoms with Crippen LogP contribution in [0.2, 0.25) is 0 Å². The highest BCUT2D eigenvalue weighted by Crippen LogP contribution is 2.38. The molecule has 0 aliphatic carbocycles. The van der Waals surface area contributed by atoms with E-state index in [0.29, 0.717) is 38.1 Å². The van der Waals surface area contributed by atoms with Crippen LogP contribution in [0.5, 0.6) is 5.75 Å². The van der Waals surface area contributed by atoms with E-state index in [1.54, 1.807) is 48.7 Å². The molecule has 12 heteroatoms. The summed E-state index contributed by atoms with van der Waals surface area (Å²) in [6.45, 7) is 5.84. The van der Waals surface area contributed by atoms with Gasteiger partial charge in [0.15, 0.2) is 11.9 Å². The largest absolute Gasteiger partial charge is 0.478 e. The van der Waals surface area contributed by atoms with E-state index >= 15 is 0 Å². The second-order valence-corrected chi connectivity index (χ2v) is 8.83. The zero-order valence-electron chi connectivity index (χ0n) is 19.4. The fourth-order valence-electron chi connectivity index (χ4n) is 3.83. The highest BCUT2D eigenvalue weighted by atomic mass is 79.9. The van der Waals surface area contributed by atoms with Crippen molar-refractivity contribution >= 4 is 27.3 Å². The maximum absolute atomic E-state index is 14.4. The Morgan fingerprint density at radius 2 is 2.06 bits per heavy atom. The number of nitrogens with zero attached hydrogens (tertiary/aromatic N) is 7. The third kappa shape index (κ3) is 4.73. The number of rotatable bonds is 7. The summed E-state index contributed by atoms with van der Waals surface area (Å²) in [5.74, 6) is -1.03. The highest BCUT2D eigenvalue weighted by Gasteiger charge is 2.25. The van der Waals surface area contributed by atoms with Crippen molar-refractivity contribution in [2.45, 2.75) is 13.0 Å². The molecule has 36 heavy (non-hydrogen) atoms. The quantitative estimate of drug-likeness (QED) is 0.231. The molecule has 0 fully saturated rings. The summed E-state index contributed by atoms with van der Waals surface area (Å²) in [7, 11) is 3.44. The molecule has 4 aromatic rings. The van der Waals surface area contributed by atoms with Crippen molar-refractivity contribution in [2.24, 2.45) is 14.1 Å². The van der Waals surface area contributed by atoms with Crippen LogP contribution < -0.4 is 4.74 Å². The van der Waals surface area contributed by atoms with Gasteiger partial charge in [-0.25, -0.2) is 4.39 Å². The molecule has 0 unspecified atom stereocenters. The van der Waals surface area contributed by atoms with Crippen LogP contribution in [-0.2, 0) is 14.1 Å². The number of halogens is 2. The van der Waals surface area contributed by atoms with Gasteiger partial charge in [0, 0.05) is 54.7 Å². The van der Waals surface area contributed by atoms with E-state index in [1.807, 2.05) is 6.07 Å². The zero-order chi connectivity index (χ0) is 26.1. The van der Waals surface area contributed by atoms with Crippen LogP contribution in [0, 0.1) is 27.3 Å². The third-order valence-electron chi connectivity index (χ3n) is 5.44. The van der Waals surface area contributed by atoms with E-state index in [0.717, 1.165) is 0 Å². The van der Waals surface area contributed by atoms with Gasteiger partial charge >= 0.3 is 5.82 Å². The van der Waals surface area contributed by atoms with E-state index in [9.17, 15) is 19.8 Å². The second-order valence-electron chi connectivity index (χ2n) is 7.92. The van der Waals surface area contributed by atoms with Crippen LogP contribution in [0.25, 0.3) is 16.8 Å². The Morgan fingerprint density at radius 1 is 1.31 bits per heavy atom. The number of nitro groups is 1. The topological polar surface area (TPSA) is 125 Å². The monoisotopic (exact) mass is 551 g/mol.